The molecule has 0 aliphatic rings. The van der Waals surface area contributed by atoms with E-state index in [-0.39, 0.29) is 11.4 Å². The highest BCUT2D eigenvalue weighted by molar-refractivity contribution is 7.14. The molecule has 86 valence electrons. The lowest BCUT2D eigenvalue weighted by molar-refractivity contribution is 0.0911. The van der Waals surface area contributed by atoms with Crippen LogP contribution in [0, 0.1) is 6.92 Å². The minimum Gasteiger partial charge on any atom is -0.346 e. The van der Waals surface area contributed by atoms with Gasteiger partial charge < -0.3 is 5.32 Å². The highest BCUT2D eigenvalue weighted by Crippen LogP contribution is 2.15. The molecule has 6 heteroatoms. The zero-order chi connectivity index (χ0) is 11.9. The van der Waals surface area contributed by atoms with Gasteiger partial charge in [0.05, 0.1) is 5.69 Å². The number of amides is 1. The molecule has 16 heavy (non-hydrogen) atoms. The maximum absolute atomic E-state index is 12.0. The predicted octanol–water partition coefficient (Wildman–Crippen LogP) is 1.63. The lowest BCUT2D eigenvalue weighted by Gasteiger charge is -2.20. The van der Waals surface area contributed by atoms with Crippen LogP contribution < -0.4 is 5.32 Å². The molecule has 2 rings (SSSR count). The second-order valence-corrected chi connectivity index (χ2v) is 5.49. The Bertz CT molecular complexity index is 534. The van der Waals surface area contributed by atoms with E-state index in [1.54, 1.807) is 10.0 Å². The van der Waals surface area contributed by atoms with Gasteiger partial charge in [0, 0.05) is 5.54 Å². The minimum absolute atomic E-state index is 0.136. The Hall–Kier alpha value is -1.43. The number of aryl methyl sites for hydroxylation is 1. The summed E-state index contributed by atoms with van der Waals surface area (Å²) in [6.45, 7) is 7.65. The summed E-state index contributed by atoms with van der Waals surface area (Å²) < 4.78 is 1.58. The van der Waals surface area contributed by atoms with Crippen molar-refractivity contribution in [2.75, 3.05) is 0 Å². The van der Waals surface area contributed by atoms with E-state index in [0.717, 1.165) is 4.96 Å². The van der Waals surface area contributed by atoms with Crippen LogP contribution in [0.25, 0.3) is 4.96 Å². The number of carbonyl (C=O) groups is 1. The topological polar surface area (TPSA) is 59.3 Å². The average Bonchev–Trinajstić information content (AvgIpc) is 2.58. The van der Waals surface area contributed by atoms with E-state index < -0.39 is 0 Å². The minimum atomic E-state index is -0.260. The Labute approximate surface area is 97.5 Å². The van der Waals surface area contributed by atoms with Crippen molar-refractivity contribution in [3.63, 3.8) is 0 Å². The molecule has 0 radical (unpaired) electrons. The first-order valence-corrected chi connectivity index (χ1v) is 5.88. The maximum atomic E-state index is 12.0. The monoisotopic (exact) mass is 238 g/mol. The van der Waals surface area contributed by atoms with Crippen molar-refractivity contribution in [1.29, 1.82) is 0 Å². The largest absolute Gasteiger partial charge is 0.346 e. The van der Waals surface area contributed by atoms with E-state index in [0.29, 0.717) is 11.4 Å². The Kier molecular flexibility index (Phi) is 2.46. The standard InChI is InChI=1S/C10H14N4OS/c1-6-7(8(15)13-10(2,3)4)14-9(12-6)16-5-11-14/h5H,1-4H3,(H,13,15). The van der Waals surface area contributed by atoms with Crippen molar-refractivity contribution >= 4 is 22.2 Å². The fourth-order valence-electron chi connectivity index (χ4n) is 1.45. The van der Waals surface area contributed by atoms with Crippen LogP contribution >= 0.6 is 11.3 Å². The highest BCUT2D eigenvalue weighted by Gasteiger charge is 2.22. The van der Waals surface area contributed by atoms with Crippen molar-refractivity contribution in [2.24, 2.45) is 0 Å². The molecular weight excluding hydrogens is 224 g/mol. The molecule has 1 amide bonds. The molecule has 0 aromatic carbocycles. The van der Waals surface area contributed by atoms with Crippen LogP contribution in [0.2, 0.25) is 0 Å². The third-order valence-corrected chi connectivity index (χ3v) is 2.70. The molecule has 0 aliphatic carbocycles. The zero-order valence-electron chi connectivity index (χ0n) is 9.74. The Morgan fingerprint density at radius 3 is 2.81 bits per heavy atom. The van der Waals surface area contributed by atoms with E-state index in [1.807, 2.05) is 27.7 Å². The van der Waals surface area contributed by atoms with E-state index in [1.165, 1.54) is 11.3 Å². The molecule has 0 fully saturated rings. The van der Waals surface area contributed by atoms with Gasteiger partial charge in [0.15, 0.2) is 5.69 Å². The third-order valence-electron chi connectivity index (χ3n) is 2.02. The number of nitrogens with zero attached hydrogens (tertiary/aromatic N) is 3. The number of hydrogen-bond acceptors (Lipinski definition) is 4. The van der Waals surface area contributed by atoms with Crippen molar-refractivity contribution in [3.8, 4) is 0 Å². The summed E-state index contributed by atoms with van der Waals surface area (Å²) in [6.07, 6.45) is 0. The normalized spacial score (nSPS) is 12.0. The summed E-state index contributed by atoms with van der Waals surface area (Å²) in [5.74, 6) is -0.136. The molecule has 0 aliphatic heterocycles. The molecule has 0 bridgehead atoms. The molecule has 0 saturated heterocycles. The summed E-state index contributed by atoms with van der Waals surface area (Å²) in [5.41, 5.74) is 2.64. The fourth-order valence-corrected chi connectivity index (χ4v) is 2.12. The van der Waals surface area contributed by atoms with Crippen LogP contribution in [0.15, 0.2) is 5.51 Å². The molecule has 0 unspecified atom stereocenters. The van der Waals surface area contributed by atoms with Gasteiger partial charge in [-0.15, -0.1) is 0 Å². The second kappa shape index (κ2) is 3.55. The smallest absolute Gasteiger partial charge is 0.272 e. The zero-order valence-corrected chi connectivity index (χ0v) is 10.6. The highest BCUT2D eigenvalue weighted by atomic mass is 32.1. The Morgan fingerprint density at radius 1 is 1.50 bits per heavy atom. The third kappa shape index (κ3) is 1.92. The molecular formula is C10H14N4OS. The van der Waals surface area contributed by atoms with Gasteiger partial charge in [0.1, 0.15) is 5.51 Å². The van der Waals surface area contributed by atoms with E-state index in [9.17, 15) is 4.79 Å². The molecule has 2 aromatic rings. The van der Waals surface area contributed by atoms with E-state index >= 15 is 0 Å². The molecule has 1 N–H and O–H groups in total. The number of carbonyl (C=O) groups excluding carboxylic acids is 1. The van der Waals surface area contributed by atoms with Gasteiger partial charge in [-0.3, -0.25) is 4.79 Å². The van der Waals surface area contributed by atoms with Gasteiger partial charge in [-0.2, -0.15) is 9.61 Å². The van der Waals surface area contributed by atoms with E-state index in [2.05, 4.69) is 15.4 Å². The van der Waals surface area contributed by atoms with Crippen molar-refractivity contribution in [1.82, 2.24) is 19.9 Å². The molecule has 2 heterocycles. The first-order valence-electron chi connectivity index (χ1n) is 5.00. The number of hydrogen-bond donors (Lipinski definition) is 1. The van der Waals surface area contributed by atoms with Gasteiger partial charge in [-0.25, -0.2) is 4.98 Å². The van der Waals surface area contributed by atoms with Crippen LogP contribution in [0.1, 0.15) is 37.0 Å². The first kappa shape index (κ1) is 11.1. The van der Waals surface area contributed by atoms with Gasteiger partial charge in [-0.1, -0.05) is 11.3 Å². The molecule has 5 nitrogen and oxygen atoms in total. The van der Waals surface area contributed by atoms with Crippen molar-refractivity contribution in [2.45, 2.75) is 33.2 Å². The summed E-state index contributed by atoms with van der Waals surface area (Å²) in [6, 6.07) is 0. The molecule has 2 aromatic heterocycles. The maximum Gasteiger partial charge on any atom is 0.272 e. The lowest BCUT2D eigenvalue weighted by Crippen LogP contribution is -2.41. The second-order valence-electron chi connectivity index (χ2n) is 4.68. The van der Waals surface area contributed by atoms with Crippen LogP contribution in [0.5, 0.6) is 0 Å². The number of aromatic nitrogens is 3. The first-order chi connectivity index (χ1) is 7.38. The van der Waals surface area contributed by atoms with Crippen LogP contribution in [0.4, 0.5) is 0 Å². The molecule has 0 atom stereocenters. The van der Waals surface area contributed by atoms with Gasteiger partial charge >= 0.3 is 0 Å². The SMILES string of the molecule is Cc1nc2scnn2c1C(=O)NC(C)(C)C. The summed E-state index contributed by atoms with van der Waals surface area (Å²) in [7, 11) is 0. The number of imidazole rings is 1. The summed E-state index contributed by atoms with van der Waals surface area (Å²) >= 11 is 1.42. The Balaban J connectivity index is 2.42. The summed E-state index contributed by atoms with van der Waals surface area (Å²) in [5, 5.41) is 7.01. The van der Waals surface area contributed by atoms with Crippen LogP contribution in [0.3, 0.4) is 0 Å². The van der Waals surface area contributed by atoms with Crippen LogP contribution in [-0.4, -0.2) is 26.0 Å². The van der Waals surface area contributed by atoms with Gasteiger partial charge in [0.2, 0.25) is 4.96 Å². The lowest BCUT2D eigenvalue weighted by atomic mass is 10.1. The number of rotatable bonds is 1. The number of nitrogens with one attached hydrogen (secondary N) is 1. The van der Waals surface area contributed by atoms with Crippen molar-refractivity contribution in [3.05, 3.63) is 16.9 Å². The van der Waals surface area contributed by atoms with Gasteiger partial charge in [-0.05, 0) is 27.7 Å². The quantitative estimate of drug-likeness (QED) is 0.821. The Morgan fingerprint density at radius 2 is 2.19 bits per heavy atom. The molecule has 0 saturated carbocycles. The average molecular weight is 238 g/mol. The van der Waals surface area contributed by atoms with Gasteiger partial charge in [0.25, 0.3) is 5.91 Å². The number of fused-ring (bicyclic) bond motifs is 1. The predicted molar refractivity (Wildman–Crippen MR) is 62.8 cm³/mol. The summed E-state index contributed by atoms with van der Waals surface area (Å²) in [4.78, 5) is 17.1. The van der Waals surface area contributed by atoms with E-state index in [4.69, 9.17) is 0 Å². The fraction of sp³-hybridized carbons (Fsp3) is 0.500. The molecule has 0 spiro atoms. The van der Waals surface area contributed by atoms with Crippen LogP contribution in [-0.2, 0) is 0 Å². The van der Waals surface area contributed by atoms with Crippen molar-refractivity contribution < 1.29 is 4.79 Å².